The van der Waals surface area contributed by atoms with Crippen LogP contribution in [-0.4, -0.2) is 22.6 Å². The number of thiazole rings is 1. The quantitative estimate of drug-likeness (QED) is 0.576. The lowest BCUT2D eigenvalue weighted by Crippen LogP contribution is -2.13. The Morgan fingerprint density at radius 2 is 1.88 bits per heavy atom. The van der Waals surface area contributed by atoms with Crippen LogP contribution in [0.15, 0.2) is 46.7 Å². The molecule has 2 amide bonds. The van der Waals surface area contributed by atoms with Gasteiger partial charge in [0.05, 0.1) is 16.3 Å². The van der Waals surface area contributed by atoms with Gasteiger partial charge in [0.2, 0.25) is 11.8 Å². The zero-order valence-electron chi connectivity index (χ0n) is 14.2. The Morgan fingerprint density at radius 1 is 1.12 bits per heavy atom. The van der Waals surface area contributed by atoms with E-state index in [-0.39, 0.29) is 11.8 Å². The number of nitrogens with one attached hydrogen (secondary N) is 2. The fourth-order valence-electron chi connectivity index (χ4n) is 2.16. The number of hydrogen-bond donors (Lipinski definition) is 2. The predicted molar refractivity (Wildman–Crippen MR) is 110 cm³/mol. The van der Waals surface area contributed by atoms with E-state index in [0.717, 1.165) is 21.2 Å². The Labute approximate surface area is 163 Å². The summed E-state index contributed by atoms with van der Waals surface area (Å²) < 4.78 is 0. The highest BCUT2D eigenvalue weighted by atomic mass is 32.2. The maximum Gasteiger partial charge on any atom is 0.236 e. The van der Waals surface area contributed by atoms with Crippen LogP contribution in [0.3, 0.4) is 0 Å². The first-order valence-electron chi connectivity index (χ1n) is 7.82. The van der Waals surface area contributed by atoms with Gasteiger partial charge >= 0.3 is 0 Å². The fourth-order valence-corrected chi connectivity index (χ4v) is 4.49. The Kier molecular flexibility index (Phi) is 6.08. The minimum Gasteiger partial charge on any atom is -0.326 e. The van der Waals surface area contributed by atoms with Crippen molar-refractivity contribution in [3.8, 4) is 10.6 Å². The van der Waals surface area contributed by atoms with Gasteiger partial charge in [-0.25, -0.2) is 4.98 Å². The highest BCUT2D eigenvalue weighted by Gasteiger charge is 2.10. The van der Waals surface area contributed by atoms with Crippen molar-refractivity contribution in [2.75, 3.05) is 16.4 Å². The summed E-state index contributed by atoms with van der Waals surface area (Å²) in [7, 11) is 0. The topological polar surface area (TPSA) is 71.1 Å². The van der Waals surface area contributed by atoms with Crippen molar-refractivity contribution in [3.05, 3.63) is 46.7 Å². The van der Waals surface area contributed by atoms with Gasteiger partial charge in [-0.1, -0.05) is 0 Å². The Balaban J connectivity index is 1.51. The van der Waals surface area contributed by atoms with Crippen LogP contribution >= 0.6 is 34.4 Å². The highest BCUT2D eigenvalue weighted by molar-refractivity contribution is 8.00. The van der Waals surface area contributed by atoms with Crippen molar-refractivity contribution in [2.45, 2.75) is 18.7 Å². The Bertz CT molecular complexity index is 916. The molecule has 0 saturated heterocycles. The molecular formula is C18H17N3O2S3. The largest absolute Gasteiger partial charge is 0.326 e. The number of thioether (sulfide) groups is 1. The molecule has 0 bridgehead atoms. The number of anilines is 2. The molecule has 0 radical (unpaired) electrons. The molecule has 3 aromatic rings. The molecule has 0 aliphatic carbocycles. The SMILES string of the molecule is CC(=O)Nc1ccc(SCC(=O)Nc2nc(-c3ccc(C)s3)cs2)cc1. The zero-order chi connectivity index (χ0) is 18.5. The number of rotatable bonds is 6. The minimum atomic E-state index is -0.106. The van der Waals surface area contributed by atoms with Crippen LogP contribution in [0.2, 0.25) is 0 Å². The zero-order valence-corrected chi connectivity index (χ0v) is 16.7. The molecule has 0 fully saturated rings. The second kappa shape index (κ2) is 8.48. The van der Waals surface area contributed by atoms with Crippen LogP contribution in [0.25, 0.3) is 10.6 Å². The maximum absolute atomic E-state index is 12.1. The average molecular weight is 404 g/mol. The summed E-state index contributed by atoms with van der Waals surface area (Å²) in [5, 5.41) is 8.12. The van der Waals surface area contributed by atoms with Gasteiger partial charge in [-0.05, 0) is 43.3 Å². The summed E-state index contributed by atoms with van der Waals surface area (Å²) in [6.45, 7) is 3.53. The first-order valence-corrected chi connectivity index (χ1v) is 10.5. The molecule has 0 unspecified atom stereocenters. The van der Waals surface area contributed by atoms with Crippen LogP contribution in [0, 0.1) is 6.92 Å². The highest BCUT2D eigenvalue weighted by Crippen LogP contribution is 2.30. The predicted octanol–water partition coefficient (Wildman–Crippen LogP) is 4.87. The molecule has 8 heteroatoms. The van der Waals surface area contributed by atoms with Crippen molar-refractivity contribution < 1.29 is 9.59 Å². The molecular weight excluding hydrogens is 386 g/mol. The van der Waals surface area contributed by atoms with Crippen molar-refractivity contribution in [3.63, 3.8) is 0 Å². The first kappa shape index (κ1) is 18.6. The number of benzene rings is 1. The smallest absolute Gasteiger partial charge is 0.236 e. The van der Waals surface area contributed by atoms with Crippen molar-refractivity contribution >= 4 is 57.1 Å². The second-order valence-corrected chi connectivity index (χ2v) is 8.69. The summed E-state index contributed by atoms with van der Waals surface area (Å²) >= 11 is 4.55. The van der Waals surface area contributed by atoms with Gasteiger partial charge in [-0.3, -0.25) is 9.59 Å². The van der Waals surface area contributed by atoms with E-state index in [1.54, 1.807) is 11.3 Å². The normalized spacial score (nSPS) is 10.5. The van der Waals surface area contributed by atoms with Crippen LogP contribution in [0.5, 0.6) is 0 Å². The van der Waals surface area contributed by atoms with E-state index in [0.29, 0.717) is 10.9 Å². The molecule has 1 aromatic carbocycles. The second-order valence-electron chi connectivity index (χ2n) is 5.49. The minimum absolute atomic E-state index is 0.0933. The number of thiophene rings is 1. The van der Waals surface area contributed by atoms with Crippen molar-refractivity contribution in [2.24, 2.45) is 0 Å². The van der Waals surface area contributed by atoms with E-state index >= 15 is 0 Å². The number of amides is 2. The lowest BCUT2D eigenvalue weighted by molar-refractivity contribution is -0.114. The third kappa shape index (κ3) is 5.17. The molecule has 134 valence electrons. The Morgan fingerprint density at radius 3 is 2.54 bits per heavy atom. The van der Waals surface area contributed by atoms with Gasteiger partial charge in [-0.15, -0.1) is 34.4 Å². The van der Waals surface area contributed by atoms with E-state index < -0.39 is 0 Å². The van der Waals surface area contributed by atoms with Crippen LogP contribution in [0.4, 0.5) is 10.8 Å². The summed E-state index contributed by atoms with van der Waals surface area (Å²) in [6, 6.07) is 11.5. The van der Waals surface area contributed by atoms with Crippen molar-refractivity contribution in [1.29, 1.82) is 0 Å². The molecule has 26 heavy (non-hydrogen) atoms. The summed E-state index contributed by atoms with van der Waals surface area (Å²) in [6.07, 6.45) is 0. The number of aromatic nitrogens is 1. The number of nitrogens with zero attached hydrogens (tertiary/aromatic N) is 1. The van der Waals surface area contributed by atoms with Crippen molar-refractivity contribution in [1.82, 2.24) is 4.98 Å². The number of aryl methyl sites for hydroxylation is 1. The van der Waals surface area contributed by atoms with E-state index in [1.165, 1.54) is 34.9 Å². The van der Waals surface area contributed by atoms with Gasteiger partial charge in [-0.2, -0.15) is 0 Å². The average Bonchev–Trinajstić information content (AvgIpc) is 3.22. The number of carbonyl (C=O) groups is 2. The number of carbonyl (C=O) groups excluding carboxylic acids is 2. The molecule has 0 aliphatic rings. The standard InChI is InChI=1S/C18H17N3O2S3/c1-11-3-8-16(26-11)15-9-25-18(20-15)21-17(23)10-24-14-6-4-13(5-7-14)19-12(2)22/h3-9H,10H2,1-2H3,(H,19,22)(H,20,21,23). The van der Waals surface area contributed by atoms with E-state index in [1.807, 2.05) is 35.7 Å². The Hall–Kier alpha value is -2.16. The molecule has 0 saturated carbocycles. The van der Waals surface area contributed by atoms with Crippen LogP contribution in [0.1, 0.15) is 11.8 Å². The first-order chi connectivity index (χ1) is 12.5. The van der Waals surface area contributed by atoms with Crippen LogP contribution in [-0.2, 0) is 9.59 Å². The third-order valence-electron chi connectivity index (χ3n) is 3.29. The van der Waals surface area contributed by atoms with E-state index in [9.17, 15) is 9.59 Å². The van der Waals surface area contributed by atoms with Gasteiger partial charge in [0.25, 0.3) is 0 Å². The lowest BCUT2D eigenvalue weighted by Gasteiger charge is -2.04. The molecule has 3 rings (SSSR count). The van der Waals surface area contributed by atoms with Gasteiger partial charge in [0, 0.05) is 27.8 Å². The molecule has 0 aliphatic heterocycles. The molecule has 0 spiro atoms. The fraction of sp³-hybridized carbons (Fsp3) is 0.167. The molecule has 2 aromatic heterocycles. The summed E-state index contributed by atoms with van der Waals surface area (Å²) in [5.41, 5.74) is 1.63. The summed E-state index contributed by atoms with van der Waals surface area (Å²) in [5.74, 6) is 0.0986. The van der Waals surface area contributed by atoms with E-state index in [2.05, 4.69) is 28.6 Å². The van der Waals surface area contributed by atoms with Gasteiger partial charge < -0.3 is 10.6 Å². The lowest BCUT2D eigenvalue weighted by atomic mass is 10.3. The molecule has 0 atom stereocenters. The number of hydrogen-bond acceptors (Lipinski definition) is 6. The molecule has 5 nitrogen and oxygen atoms in total. The van der Waals surface area contributed by atoms with Crippen LogP contribution < -0.4 is 10.6 Å². The molecule has 2 heterocycles. The summed E-state index contributed by atoms with van der Waals surface area (Å²) in [4.78, 5) is 30.9. The third-order valence-corrected chi connectivity index (χ3v) is 6.08. The van der Waals surface area contributed by atoms with Gasteiger partial charge in [0.1, 0.15) is 0 Å². The van der Waals surface area contributed by atoms with E-state index in [4.69, 9.17) is 0 Å². The van der Waals surface area contributed by atoms with Gasteiger partial charge in [0.15, 0.2) is 5.13 Å². The molecule has 2 N–H and O–H groups in total. The monoisotopic (exact) mass is 403 g/mol. The maximum atomic E-state index is 12.1.